The molecule has 140 valence electrons. The highest BCUT2D eigenvalue weighted by atomic mass is 32.2. The fourth-order valence-electron chi connectivity index (χ4n) is 2.57. The van der Waals surface area contributed by atoms with E-state index in [1.54, 1.807) is 31.0 Å². The normalized spacial score (nSPS) is 10.6. The van der Waals surface area contributed by atoms with Gasteiger partial charge in [0.1, 0.15) is 5.82 Å². The molecule has 0 aliphatic heterocycles. The van der Waals surface area contributed by atoms with Gasteiger partial charge < -0.3 is 15.2 Å². The van der Waals surface area contributed by atoms with Crippen LogP contribution in [0.25, 0.3) is 10.7 Å². The van der Waals surface area contributed by atoms with Gasteiger partial charge in [-0.05, 0) is 43.0 Å². The Balaban J connectivity index is 1.92. The summed E-state index contributed by atoms with van der Waals surface area (Å²) in [6.07, 6.45) is 1.99. The third-order valence-electron chi connectivity index (χ3n) is 3.81. The van der Waals surface area contributed by atoms with Crippen LogP contribution in [0.5, 0.6) is 5.06 Å². The first-order valence-electron chi connectivity index (χ1n) is 8.14. The van der Waals surface area contributed by atoms with E-state index in [-0.39, 0.29) is 6.42 Å². The number of benzene rings is 1. The molecule has 0 spiro atoms. The Labute approximate surface area is 165 Å². The molecule has 0 bridgehead atoms. The molecule has 3 aromatic rings. The quantitative estimate of drug-likeness (QED) is 0.559. The van der Waals surface area contributed by atoms with Crippen molar-refractivity contribution < 1.29 is 14.6 Å². The van der Waals surface area contributed by atoms with Gasteiger partial charge in [-0.2, -0.15) is 0 Å². The van der Waals surface area contributed by atoms with Crippen molar-refractivity contribution in [1.29, 1.82) is 0 Å². The lowest BCUT2D eigenvalue weighted by molar-refractivity contribution is -0.136. The molecule has 27 heavy (non-hydrogen) atoms. The molecule has 2 N–H and O–H groups in total. The zero-order valence-corrected chi connectivity index (χ0v) is 16.8. The van der Waals surface area contributed by atoms with E-state index in [1.807, 2.05) is 37.4 Å². The van der Waals surface area contributed by atoms with Crippen molar-refractivity contribution in [2.75, 3.05) is 18.7 Å². The van der Waals surface area contributed by atoms with Crippen LogP contribution in [0.1, 0.15) is 11.3 Å². The number of anilines is 2. The SMILES string of the molecule is COc1ccc(-c2nc(C)c(SC)c(Nc3ccc(CC(=O)O)cc3)n2)s1. The number of carboxylic acids is 1. The molecule has 0 atom stereocenters. The number of methoxy groups -OCH3 is 1. The van der Waals surface area contributed by atoms with Crippen molar-refractivity contribution in [3.63, 3.8) is 0 Å². The number of nitrogens with one attached hydrogen (secondary N) is 1. The summed E-state index contributed by atoms with van der Waals surface area (Å²) in [5, 5.41) is 13.0. The molecule has 0 fully saturated rings. The average molecular weight is 402 g/mol. The standard InChI is InChI=1S/C19H19N3O3S2/c1-11-17(26-3)19(21-13-6-4-12(5-7-13)10-15(23)24)22-18(20-11)14-8-9-16(25-2)27-14/h4-9H,10H2,1-3H3,(H,23,24)(H,20,21,22). The Morgan fingerprint density at radius 1 is 1.22 bits per heavy atom. The molecule has 0 aliphatic carbocycles. The van der Waals surface area contributed by atoms with Gasteiger partial charge in [0, 0.05) is 5.69 Å². The molecular formula is C19H19N3O3S2. The molecule has 0 saturated carbocycles. The van der Waals surface area contributed by atoms with E-state index in [4.69, 9.17) is 14.8 Å². The first kappa shape index (κ1) is 19.2. The van der Waals surface area contributed by atoms with E-state index in [0.717, 1.165) is 37.6 Å². The molecule has 2 heterocycles. The summed E-state index contributed by atoms with van der Waals surface area (Å²) in [7, 11) is 1.64. The molecule has 0 aliphatic rings. The van der Waals surface area contributed by atoms with Crippen LogP contribution in [0.4, 0.5) is 11.5 Å². The first-order valence-corrected chi connectivity index (χ1v) is 10.2. The topological polar surface area (TPSA) is 84.3 Å². The number of nitrogens with zero attached hydrogens (tertiary/aromatic N) is 2. The number of thioether (sulfide) groups is 1. The molecule has 2 aromatic heterocycles. The highest BCUT2D eigenvalue weighted by Crippen LogP contribution is 2.35. The second-order valence-corrected chi connectivity index (χ2v) is 7.59. The maximum Gasteiger partial charge on any atom is 0.307 e. The largest absolute Gasteiger partial charge is 0.487 e. The maximum absolute atomic E-state index is 10.8. The molecular weight excluding hydrogens is 382 g/mol. The summed E-state index contributed by atoms with van der Waals surface area (Å²) in [5.41, 5.74) is 2.49. The van der Waals surface area contributed by atoms with Gasteiger partial charge in [-0.1, -0.05) is 23.5 Å². The number of hydrogen-bond donors (Lipinski definition) is 2. The van der Waals surface area contributed by atoms with Crippen molar-refractivity contribution in [3.8, 4) is 15.8 Å². The fourth-order valence-corrected chi connectivity index (χ4v) is 3.96. The number of carbonyl (C=O) groups is 1. The van der Waals surface area contributed by atoms with Crippen LogP contribution < -0.4 is 10.1 Å². The highest BCUT2D eigenvalue weighted by molar-refractivity contribution is 7.98. The zero-order chi connectivity index (χ0) is 19.4. The summed E-state index contributed by atoms with van der Waals surface area (Å²) >= 11 is 3.07. The molecule has 0 unspecified atom stereocenters. The number of ether oxygens (including phenoxy) is 1. The number of hydrogen-bond acceptors (Lipinski definition) is 7. The van der Waals surface area contributed by atoms with Gasteiger partial charge in [0.15, 0.2) is 10.9 Å². The molecule has 0 saturated heterocycles. The lowest BCUT2D eigenvalue weighted by Crippen LogP contribution is -2.03. The van der Waals surface area contributed by atoms with Gasteiger partial charge in [0.25, 0.3) is 0 Å². The van der Waals surface area contributed by atoms with Crippen LogP contribution in [-0.4, -0.2) is 34.4 Å². The summed E-state index contributed by atoms with van der Waals surface area (Å²) in [4.78, 5) is 22.1. The van der Waals surface area contributed by atoms with E-state index >= 15 is 0 Å². The minimum absolute atomic E-state index is 0.00726. The Kier molecular flexibility index (Phi) is 5.98. The van der Waals surface area contributed by atoms with E-state index in [2.05, 4.69) is 10.3 Å². The number of thiophene rings is 1. The molecule has 6 nitrogen and oxygen atoms in total. The van der Waals surface area contributed by atoms with Crippen LogP contribution in [-0.2, 0) is 11.2 Å². The molecule has 8 heteroatoms. The fraction of sp³-hybridized carbons (Fsp3) is 0.211. The number of aromatic nitrogens is 2. The second kappa shape index (κ2) is 8.41. The average Bonchev–Trinajstić information content (AvgIpc) is 3.12. The van der Waals surface area contributed by atoms with Crippen LogP contribution >= 0.6 is 23.1 Å². The van der Waals surface area contributed by atoms with Crippen LogP contribution in [0, 0.1) is 6.92 Å². The molecule has 1 aromatic carbocycles. The van der Waals surface area contributed by atoms with E-state index in [0.29, 0.717) is 5.82 Å². The molecule has 0 radical (unpaired) electrons. The molecule has 3 rings (SSSR count). The van der Waals surface area contributed by atoms with E-state index < -0.39 is 5.97 Å². The Bertz CT molecular complexity index is 955. The third-order valence-corrected chi connectivity index (χ3v) is 5.75. The van der Waals surface area contributed by atoms with Crippen LogP contribution in [0.15, 0.2) is 41.3 Å². The summed E-state index contributed by atoms with van der Waals surface area (Å²) in [6, 6.07) is 11.2. The van der Waals surface area contributed by atoms with Gasteiger partial charge in [-0.25, -0.2) is 9.97 Å². The number of aliphatic carboxylic acids is 1. The lowest BCUT2D eigenvalue weighted by atomic mass is 10.1. The second-order valence-electron chi connectivity index (χ2n) is 5.73. The Hall–Kier alpha value is -2.58. The number of rotatable bonds is 7. The van der Waals surface area contributed by atoms with E-state index in [1.165, 1.54) is 11.3 Å². The minimum Gasteiger partial charge on any atom is -0.487 e. The predicted molar refractivity (Wildman–Crippen MR) is 109 cm³/mol. The number of aryl methyl sites for hydroxylation is 1. The molecule has 0 amide bonds. The first-order chi connectivity index (χ1) is 13.0. The van der Waals surface area contributed by atoms with Crippen LogP contribution in [0.3, 0.4) is 0 Å². The van der Waals surface area contributed by atoms with Crippen molar-refractivity contribution >= 4 is 40.6 Å². The van der Waals surface area contributed by atoms with Gasteiger partial charge in [-0.15, -0.1) is 11.8 Å². The predicted octanol–water partition coefficient (Wildman–Crippen LogP) is 4.61. The monoisotopic (exact) mass is 401 g/mol. The highest BCUT2D eigenvalue weighted by Gasteiger charge is 2.14. The van der Waals surface area contributed by atoms with Gasteiger partial charge >= 0.3 is 5.97 Å². The Morgan fingerprint density at radius 3 is 2.56 bits per heavy atom. The van der Waals surface area contributed by atoms with Crippen molar-refractivity contribution in [3.05, 3.63) is 47.7 Å². The smallest absolute Gasteiger partial charge is 0.307 e. The minimum atomic E-state index is -0.845. The van der Waals surface area contributed by atoms with Crippen molar-refractivity contribution in [1.82, 2.24) is 9.97 Å². The van der Waals surface area contributed by atoms with Crippen LogP contribution in [0.2, 0.25) is 0 Å². The van der Waals surface area contributed by atoms with Crippen molar-refractivity contribution in [2.24, 2.45) is 0 Å². The van der Waals surface area contributed by atoms with E-state index in [9.17, 15) is 4.79 Å². The zero-order valence-electron chi connectivity index (χ0n) is 15.1. The lowest BCUT2D eigenvalue weighted by Gasteiger charge is -2.13. The summed E-state index contributed by atoms with van der Waals surface area (Å²) in [6.45, 7) is 1.96. The third kappa shape index (κ3) is 4.58. The van der Waals surface area contributed by atoms with Crippen molar-refractivity contribution in [2.45, 2.75) is 18.2 Å². The summed E-state index contributed by atoms with van der Waals surface area (Å²) in [5.74, 6) is 0.523. The summed E-state index contributed by atoms with van der Waals surface area (Å²) < 4.78 is 5.26. The van der Waals surface area contributed by atoms with Gasteiger partial charge in [-0.3, -0.25) is 4.79 Å². The number of carboxylic acid groups (broad SMARTS) is 1. The maximum atomic E-state index is 10.8. The Morgan fingerprint density at radius 2 is 1.96 bits per heavy atom. The van der Waals surface area contributed by atoms with Gasteiger partial charge in [0.05, 0.1) is 29.0 Å². The van der Waals surface area contributed by atoms with Gasteiger partial charge in [0.2, 0.25) is 0 Å².